The van der Waals surface area contributed by atoms with Crippen molar-refractivity contribution in [2.45, 2.75) is 69.0 Å². The van der Waals surface area contributed by atoms with Gasteiger partial charge in [-0.3, -0.25) is 14.4 Å². The number of hydrogen-bond donors (Lipinski definition) is 1. The number of carbonyl (C=O) groups excluding carboxylic acids is 3. The Morgan fingerprint density at radius 3 is 2.50 bits per heavy atom. The molecule has 3 fully saturated rings. The van der Waals surface area contributed by atoms with Crippen molar-refractivity contribution in [2.75, 3.05) is 32.8 Å². The smallest absolute Gasteiger partial charge is 0.247 e. The van der Waals surface area contributed by atoms with Crippen LogP contribution in [0.2, 0.25) is 0 Å². The first kappa shape index (κ1) is 26.8. The lowest BCUT2D eigenvalue weighted by Crippen LogP contribution is -2.58. The Kier molecular flexibility index (Phi) is 8.56. The molecule has 7 nitrogen and oxygen atoms in total. The van der Waals surface area contributed by atoms with Gasteiger partial charge in [0.15, 0.2) is 0 Å². The van der Waals surface area contributed by atoms with Gasteiger partial charge >= 0.3 is 0 Å². The fraction of sp³-hybridized carbons (Fsp3) is 0.731. The predicted octanol–water partition coefficient (Wildman–Crippen LogP) is 2.55. The Hall–Kier alpha value is -1.80. The van der Waals surface area contributed by atoms with Gasteiger partial charge in [-0.1, -0.05) is 26.0 Å². The molecule has 3 aliphatic rings. The lowest BCUT2D eigenvalue weighted by molar-refractivity contribution is -0.145. The van der Waals surface area contributed by atoms with Crippen molar-refractivity contribution >= 4 is 29.5 Å². The van der Waals surface area contributed by atoms with E-state index < -0.39 is 22.6 Å². The maximum atomic E-state index is 14.1. The van der Waals surface area contributed by atoms with Crippen LogP contribution < -0.4 is 0 Å². The molecule has 3 saturated heterocycles. The number of carbonyl (C=O) groups is 3. The summed E-state index contributed by atoms with van der Waals surface area (Å²) in [6.45, 7) is 17.5. The molecule has 8 heteroatoms. The van der Waals surface area contributed by atoms with Gasteiger partial charge in [-0.15, -0.1) is 24.9 Å². The van der Waals surface area contributed by atoms with Crippen LogP contribution in [-0.2, 0) is 14.4 Å². The van der Waals surface area contributed by atoms with Crippen molar-refractivity contribution in [3.05, 3.63) is 25.3 Å². The molecular weight excluding hydrogens is 450 g/mol. The van der Waals surface area contributed by atoms with Gasteiger partial charge in [-0.25, -0.2) is 0 Å². The quantitative estimate of drug-likeness (QED) is 0.425. The van der Waals surface area contributed by atoms with Crippen LogP contribution >= 0.6 is 11.8 Å². The van der Waals surface area contributed by atoms with E-state index in [-0.39, 0.29) is 41.5 Å². The molecule has 3 rings (SSSR count). The second kappa shape index (κ2) is 10.9. The number of fused-ring (bicyclic) bond motifs is 1. The Labute approximate surface area is 208 Å². The number of nitrogens with zero attached hydrogens (tertiary/aromatic N) is 3. The van der Waals surface area contributed by atoms with E-state index in [9.17, 15) is 19.5 Å². The monoisotopic (exact) mass is 491 g/mol. The Morgan fingerprint density at radius 1 is 1.26 bits per heavy atom. The third-order valence-electron chi connectivity index (χ3n) is 7.71. The van der Waals surface area contributed by atoms with Gasteiger partial charge in [0.05, 0.1) is 16.6 Å². The highest BCUT2D eigenvalue weighted by molar-refractivity contribution is 8.02. The molecule has 3 aliphatic heterocycles. The molecule has 0 aromatic carbocycles. The number of amides is 3. The van der Waals surface area contributed by atoms with Crippen LogP contribution in [0.15, 0.2) is 25.3 Å². The van der Waals surface area contributed by atoms with Gasteiger partial charge in [0.1, 0.15) is 6.04 Å². The van der Waals surface area contributed by atoms with E-state index in [1.165, 1.54) is 0 Å². The van der Waals surface area contributed by atoms with Gasteiger partial charge in [-0.05, 0) is 39.0 Å². The highest BCUT2D eigenvalue weighted by atomic mass is 32.2. The predicted molar refractivity (Wildman–Crippen MR) is 136 cm³/mol. The molecule has 0 aliphatic carbocycles. The minimum absolute atomic E-state index is 0.00777. The molecule has 0 saturated carbocycles. The molecule has 1 N–H and O–H groups in total. The van der Waals surface area contributed by atoms with Crippen LogP contribution in [0.4, 0.5) is 0 Å². The van der Waals surface area contributed by atoms with Crippen molar-refractivity contribution in [3.63, 3.8) is 0 Å². The maximum Gasteiger partial charge on any atom is 0.247 e. The summed E-state index contributed by atoms with van der Waals surface area (Å²) in [4.78, 5) is 47.1. The molecule has 34 heavy (non-hydrogen) atoms. The standard InChI is InChI=1S/C26H41N3O4S/c1-7-11-27(12-8-2)23(31)20-19-16-18(6)26(34-19)21(20)24(32)29(14-10-15-30)22(26)25(33)28(13-9-3)17(4)5/h7,9,17-22,30H,1,3,8,10-16H2,2,4-6H3/t18?,19-,20+,21+,22?,26?/m1/s1. The summed E-state index contributed by atoms with van der Waals surface area (Å²) in [5.74, 6) is -0.995. The van der Waals surface area contributed by atoms with Gasteiger partial charge in [0, 0.05) is 44.1 Å². The average Bonchev–Trinajstić information content (AvgIpc) is 3.38. The van der Waals surface area contributed by atoms with Gasteiger partial charge in [0.2, 0.25) is 17.7 Å². The summed E-state index contributed by atoms with van der Waals surface area (Å²) in [6.07, 6.45) is 5.51. The van der Waals surface area contributed by atoms with Crippen molar-refractivity contribution in [2.24, 2.45) is 17.8 Å². The minimum Gasteiger partial charge on any atom is -0.396 e. The topological polar surface area (TPSA) is 81.2 Å². The number of rotatable bonds is 12. The highest BCUT2D eigenvalue weighted by Crippen LogP contribution is 2.68. The van der Waals surface area contributed by atoms with Crippen molar-refractivity contribution in [1.82, 2.24) is 14.7 Å². The zero-order chi connectivity index (χ0) is 25.2. The van der Waals surface area contributed by atoms with E-state index in [2.05, 4.69) is 20.1 Å². The third kappa shape index (κ3) is 4.21. The number of aliphatic hydroxyl groups is 1. The lowest BCUT2D eigenvalue weighted by atomic mass is 9.65. The van der Waals surface area contributed by atoms with Crippen LogP contribution in [0.1, 0.15) is 47.0 Å². The normalized spacial score (nSPS) is 31.6. The molecule has 2 bridgehead atoms. The van der Waals surface area contributed by atoms with Crippen LogP contribution in [0, 0.1) is 17.8 Å². The SMILES string of the molecule is C=CCN(CCC)C(=O)[C@@H]1[C@H]2C(=O)N(CCCO)C(C(=O)N(CC=C)C(C)C)C23S[C@@H]1CC3C. The molecule has 190 valence electrons. The summed E-state index contributed by atoms with van der Waals surface area (Å²) >= 11 is 1.70. The van der Waals surface area contributed by atoms with E-state index in [0.29, 0.717) is 32.6 Å². The second-order valence-corrected chi connectivity index (χ2v) is 11.7. The second-order valence-electron chi connectivity index (χ2n) is 10.1. The molecule has 1 spiro atoms. The van der Waals surface area contributed by atoms with E-state index >= 15 is 0 Å². The summed E-state index contributed by atoms with van der Waals surface area (Å²) in [7, 11) is 0. The largest absolute Gasteiger partial charge is 0.396 e. The van der Waals surface area contributed by atoms with Gasteiger partial charge in [0.25, 0.3) is 0 Å². The average molecular weight is 492 g/mol. The van der Waals surface area contributed by atoms with Crippen LogP contribution in [0.3, 0.4) is 0 Å². The maximum absolute atomic E-state index is 14.1. The molecule has 0 aromatic rings. The molecule has 0 radical (unpaired) electrons. The molecular formula is C26H41N3O4S. The Morgan fingerprint density at radius 2 is 1.94 bits per heavy atom. The van der Waals surface area contributed by atoms with E-state index in [4.69, 9.17) is 0 Å². The van der Waals surface area contributed by atoms with E-state index in [1.54, 1.807) is 33.7 Å². The van der Waals surface area contributed by atoms with E-state index in [1.807, 2.05) is 25.7 Å². The van der Waals surface area contributed by atoms with Crippen molar-refractivity contribution < 1.29 is 19.5 Å². The summed E-state index contributed by atoms with van der Waals surface area (Å²) < 4.78 is -0.630. The van der Waals surface area contributed by atoms with Crippen molar-refractivity contribution in [1.29, 1.82) is 0 Å². The minimum atomic E-state index is -0.638. The van der Waals surface area contributed by atoms with Gasteiger partial charge in [-0.2, -0.15) is 0 Å². The molecule has 0 aromatic heterocycles. The number of thioether (sulfide) groups is 1. The lowest BCUT2D eigenvalue weighted by Gasteiger charge is -2.41. The molecule has 3 heterocycles. The van der Waals surface area contributed by atoms with E-state index in [0.717, 1.165) is 12.8 Å². The number of hydrogen-bond acceptors (Lipinski definition) is 5. The fourth-order valence-corrected chi connectivity index (χ4v) is 8.75. The van der Waals surface area contributed by atoms with Crippen LogP contribution in [0.5, 0.6) is 0 Å². The first-order valence-electron chi connectivity index (χ1n) is 12.6. The van der Waals surface area contributed by atoms with Crippen molar-refractivity contribution in [3.8, 4) is 0 Å². The number of likely N-dealkylation sites (tertiary alicyclic amines) is 1. The van der Waals surface area contributed by atoms with Gasteiger partial charge < -0.3 is 19.8 Å². The molecule has 3 unspecified atom stereocenters. The highest BCUT2D eigenvalue weighted by Gasteiger charge is 2.76. The van der Waals surface area contributed by atoms with Crippen LogP contribution in [-0.4, -0.2) is 92.4 Å². The first-order valence-corrected chi connectivity index (χ1v) is 13.5. The zero-order valence-corrected chi connectivity index (χ0v) is 21.9. The van der Waals surface area contributed by atoms with Crippen LogP contribution in [0.25, 0.3) is 0 Å². The molecule has 6 atom stereocenters. The molecule has 3 amide bonds. The third-order valence-corrected chi connectivity index (χ3v) is 9.78. The Balaban J connectivity index is 2.07. The fourth-order valence-electron chi connectivity index (χ4n) is 6.34. The Bertz CT molecular complexity index is 818. The summed E-state index contributed by atoms with van der Waals surface area (Å²) in [5, 5.41) is 9.54. The zero-order valence-electron chi connectivity index (χ0n) is 21.1. The first-order chi connectivity index (χ1) is 16.2. The number of aliphatic hydroxyl groups excluding tert-OH is 1. The summed E-state index contributed by atoms with van der Waals surface area (Å²) in [6, 6.07) is -0.680. The summed E-state index contributed by atoms with van der Waals surface area (Å²) in [5.41, 5.74) is 0.